The van der Waals surface area contributed by atoms with Crippen LogP contribution in [-0.4, -0.2) is 14.1 Å². The van der Waals surface area contributed by atoms with Crippen molar-refractivity contribution in [3.05, 3.63) is 101 Å². The van der Waals surface area contributed by atoms with Crippen LogP contribution in [0, 0.1) is 41.5 Å². The number of hydrogen-bond acceptors (Lipinski definition) is 1. The van der Waals surface area contributed by atoms with Crippen molar-refractivity contribution in [2.45, 2.75) is 54.1 Å². The molecule has 0 aliphatic carbocycles. The zero-order chi connectivity index (χ0) is 21.4. The Labute approximate surface area is 179 Å². The van der Waals surface area contributed by atoms with Crippen LogP contribution >= 0.6 is 0 Å². The van der Waals surface area contributed by atoms with Crippen molar-refractivity contribution in [3.63, 3.8) is 0 Å². The van der Waals surface area contributed by atoms with Gasteiger partial charge in [-0.3, -0.25) is 0 Å². The molecule has 2 heterocycles. The molecule has 4 rings (SSSR count). The third-order valence-corrected chi connectivity index (χ3v) is 5.92. The second-order valence-electron chi connectivity index (χ2n) is 8.60. The predicted octanol–water partition coefficient (Wildman–Crippen LogP) is 5.10. The fraction of sp³-hybridized carbons (Fsp3) is 0.308. The van der Waals surface area contributed by atoms with Crippen molar-refractivity contribution in [1.82, 2.24) is 14.1 Å². The van der Waals surface area contributed by atoms with Crippen LogP contribution in [0.25, 0.3) is 5.69 Å². The SMILES string of the molecule is Cc1cc(C)c(C(Cn2cc[n+](-c3c(C)cc(C)cc3C)c2)n2ccnc2)c(C)c1. The first-order chi connectivity index (χ1) is 14.3. The molecule has 0 amide bonds. The summed E-state index contributed by atoms with van der Waals surface area (Å²) in [6.07, 6.45) is 12.4. The summed E-state index contributed by atoms with van der Waals surface area (Å²) >= 11 is 0. The van der Waals surface area contributed by atoms with Crippen molar-refractivity contribution < 1.29 is 4.57 Å². The van der Waals surface area contributed by atoms with Gasteiger partial charge in [0.25, 0.3) is 0 Å². The minimum atomic E-state index is 0.189. The van der Waals surface area contributed by atoms with Gasteiger partial charge in [-0.1, -0.05) is 35.4 Å². The van der Waals surface area contributed by atoms with Gasteiger partial charge in [0.1, 0.15) is 24.6 Å². The summed E-state index contributed by atoms with van der Waals surface area (Å²) in [5.41, 5.74) is 10.5. The number of rotatable bonds is 5. The van der Waals surface area contributed by atoms with Crippen LogP contribution in [0.5, 0.6) is 0 Å². The van der Waals surface area contributed by atoms with Gasteiger partial charge in [0.2, 0.25) is 6.33 Å². The Bertz CT molecular complexity index is 1140. The van der Waals surface area contributed by atoms with E-state index in [0.717, 1.165) is 6.54 Å². The first-order valence-corrected chi connectivity index (χ1v) is 10.5. The van der Waals surface area contributed by atoms with Gasteiger partial charge in [-0.05, 0) is 69.4 Å². The van der Waals surface area contributed by atoms with Gasteiger partial charge < -0.3 is 4.57 Å². The van der Waals surface area contributed by atoms with Gasteiger partial charge in [0, 0.05) is 12.4 Å². The van der Waals surface area contributed by atoms with Crippen LogP contribution in [0.4, 0.5) is 0 Å². The standard InChI is InChI=1S/C26H31N4/c1-18-11-20(3)25(21(4)12-18)24(29-8-7-27-16-29)15-28-9-10-30(17-28)26-22(5)13-19(2)14-23(26)6/h7-14,16-17,24H,15H2,1-6H3/q+1. The second-order valence-corrected chi connectivity index (χ2v) is 8.60. The Morgan fingerprint density at radius 2 is 1.43 bits per heavy atom. The zero-order valence-electron chi connectivity index (χ0n) is 18.8. The lowest BCUT2D eigenvalue weighted by Gasteiger charge is -2.22. The Morgan fingerprint density at radius 1 is 0.833 bits per heavy atom. The normalized spacial score (nSPS) is 12.3. The van der Waals surface area contributed by atoms with E-state index in [4.69, 9.17) is 0 Å². The Morgan fingerprint density at radius 3 is 2.00 bits per heavy atom. The van der Waals surface area contributed by atoms with E-state index in [2.05, 4.69) is 109 Å². The highest BCUT2D eigenvalue weighted by molar-refractivity contribution is 5.43. The van der Waals surface area contributed by atoms with Crippen LogP contribution in [0.2, 0.25) is 0 Å². The molecule has 4 nitrogen and oxygen atoms in total. The summed E-state index contributed by atoms with van der Waals surface area (Å²) < 4.78 is 6.74. The Balaban J connectivity index is 1.73. The molecule has 0 saturated carbocycles. The van der Waals surface area contributed by atoms with E-state index in [1.165, 1.54) is 44.6 Å². The van der Waals surface area contributed by atoms with E-state index in [1.807, 2.05) is 12.5 Å². The molecule has 1 atom stereocenters. The molecular formula is C26H31N4+. The first-order valence-electron chi connectivity index (χ1n) is 10.5. The Hall–Kier alpha value is -3.14. The predicted molar refractivity (Wildman–Crippen MR) is 121 cm³/mol. The number of benzene rings is 2. The minimum Gasteiger partial charge on any atom is -0.326 e. The summed E-state index contributed by atoms with van der Waals surface area (Å²) in [4.78, 5) is 4.32. The van der Waals surface area contributed by atoms with Crippen LogP contribution in [-0.2, 0) is 6.54 Å². The van der Waals surface area contributed by atoms with Crippen molar-refractivity contribution in [1.29, 1.82) is 0 Å². The van der Waals surface area contributed by atoms with E-state index < -0.39 is 0 Å². The maximum Gasteiger partial charge on any atom is 0.249 e. The molecule has 2 aromatic carbocycles. The summed E-state index contributed by atoms with van der Waals surface area (Å²) in [7, 11) is 0. The Kier molecular flexibility index (Phi) is 5.33. The minimum absolute atomic E-state index is 0.189. The molecule has 30 heavy (non-hydrogen) atoms. The molecule has 4 heteroatoms. The highest BCUT2D eigenvalue weighted by Gasteiger charge is 2.22. The van der Waals surface area contributed by atoms with E-state index in [0.29, 0.717) is 0 Å². The van der Waals surface area contributed by atoms with Gasteiger partial charge >= 0.3 is 0 Å². The maximum absolute atomic E-state index is 4.32. The number of imidazole rings is 2. The molecule has 0 N–H and O–H groups in total. The smallest absolute Gasteiger partial charge is 0.249 e. The van der Waals surface area contributed by atoms with Gasteiger partial charge in [-0.2, -0.15) is 0 Å². The summed E-state index contributed by atoms with van der Waals surface area (Å²) in [5, 5.41) is 0. The summed E-state index contributed by atoms with van der Waals surface area (Å²) in [6.45, 7) is 14.0. The van der Waals surface area contributed by atoms with E-state index in [9.17, 15) is 0 Å². The highest BCUT2D eigenvalue weighted by atomic mass is 15.2. The van der Waals surface area contributed by atoms with E-state index >= 15 is 0 Å². The largest absolute Gasteiger partial charge is 0.326 e. The van der Waals surface area contributed by atoms with Gasteiger partial charge in [0.05, 0.1) is 12.4 Å². The zero-order valence-corrected chi connectivity index (χ0v) is 18.8. The average Bonchev–Trinajstić information content (AvgIpc) is 3.31. The lowest BCUT2D eigenvalue weighted by molar-refractivity contribution is -0.596. The average molecular weight is 400 g/mol. The van der Waals surface area contributed by atoms with Crippen molar-refractivity contribution in [2.24, 2.45) is 0 Å². The maximum atomic E-state index is 4.32. The van der Waals surface area contributed by atoms with Crippen molar-refractivity contribution in [3.8, 4) is 5.69 Å². The molecule has 0 fully saturated rings. The molecule has 1 unspecified atom stereocenters. The molecule has 2 aromatic heterocycles. The van der Waals surface area contributed by atoms with E-state index in [-0.39, 0.29) is 6.04 Å². The molecule has 154 valence electrons. The first kappa shape index (κ1) is 20.1. The van der Waals surface area contributed by atoms with Crippen LogP contribution in [0.3, 0.4) is 0 Å². The molecule has 0 saturated heterocycles. The van der Waals surface area contributed by atoms with Crippen LogP contribution in [0.15, 0.2) is 61.7 Å². The lowest BCUT2D eigenvalue weighted by Crippen LogP contribution is -2.30. The fourth-order valence-corrected chi connectivity index (χ4v) is 4.92. The van der Waals surface area contributed by atoms with Gasteiger partial charge in [0.15, 0.2) is 0 Å². The van der Waals surface area contributed by atoms with Gasteiger partial charge in [-0.25, -0.2) is 14.1 Å². The van der Waals surface area contributed by atoms with Crippen LogP contribution < -0.4 is 4.57 Å². The van der Waals surface area contributed by atoms with E-state index in [1.54, 1.807) is 0 Å². The van der Waals surface area contributed by atoms with Crippen LogP contribution in [0.1, 0.15) is 45.0 Å². The summed E-state index contributed by atoms with van der Waals surface area (Å²) in [5.74, 6) is 0. The molecule has 0 aliphatic rings. The van der Waals surface area contributed by atoms with Gasteiger partial charge in [-0.15, -0.1) is 0 Å². The van der Waals surface area contributed by atoms with Crippen molar-refractivity contribution in [2.75, 3.05) is 0 Å². The second kappa shape index (κ2) is 7.94. The monoisotopic (exact) mass is 399 g/mol. The number of aryl methyl sites for hydroxylation is 6. The van der Waals surface area contributed by atoms with Crippen molar-refractivity contribution >= 4 is 0 Å². The topological polar surface area (TPSA) is 26.6 Å². The molecule has 0 radical (unpaired) electrons. The molecule has 4 aromatic rings. The molecule has 0 bridgehead atoms. The summed E-state index contributed by atoms with van der Waals surface area (Å²) in [6, 6.07) is 9.25. The lowest BCUT2D eigenvalue weighted by atomic mass is 9.93. The third kappa shape index (κ3) is 3.82. The number of nitrogens with zero attached hydrogens (tertiary/aromatic N) is 4. The quantitative estimate of drug-likeness (QED) is 0.429. The molecule has 0 spiro atoms. The third-order valence-electron chi connectivity index (χ3n) is 5.92. The highest BCUT2D eigenvalue weighted by Crippen LogP contribution is 2.28. The molecule has 0 aliphatic heterocycles. The fourth-order valence-electron chi connectivity index (χ4n) is 4.92. The molecular weight excluding hydrogens is 368 g/mol. The number of hydrogen-bond donors (Lipinski definition) is 0. The number of aromatic nitrogens is 4.